The molecule has 1 unspecified atom stereocenters. The van der Waals surface area contributed by atoms with Crippen LogP contribution in [0.15, 0.2) is 10.7 Å². The summed E-state index contributed by atoms with van der Waals surface area (Å²) < 4.78 is 0.725. The van der Waals surface area contributed by atoms with Crippen molar-refractivity contribution < 1.29 is 4.79 Å². The van der Waals surface area contributed by atoms with Gasteiger partial charge in [-0.25, -0.2) is 9.97 Å². The lowest BCUT2D eigenvalue weighted by Crippen LogP contribution is -2.35. The number of rotatable bonds is 5. The number of anilines is 1. The molecular formula is C11H17BrN4O. The highest BCUT2D eigenvalue weighted by Crippen LogP contribution is 2.14. The van der Waals surface area contributed by atoms with Crippen LogP contribution in [0.4, 0.5) is 5.82 Å². The van der Waals surface area contributed by atoms with Gasteiger partial charge in [0.05, 0.1) is 0 Å². The summed E-state index contributed by atoms with van der Waals surface area (Å²) >= 11 is 3.34. The first-order valence-corrected chi connectivity index (χ1v) is 6.37. The SMILES string of the molecule is CCCc1nc(Br)cc(NC(C)C(=O)NC)n1. The monoisotopic (exact) mass is 300 g/mol. The highest BCUT2D eigenvalue weighted by molar-refractivity contribution is 9.10. The Kier molecular flexibility index (Phi) is 5.34. The second kappa shape index (κ2) is 6.54. The standard InChI is InChI=1S/C11H17BrN4O/c1-4-5-9-15-8(12)6-10(16-9)14-7(2)11(17)13-3/h6-7H,4-5H2,1-3H3,(H,13,17)(H,14,15,16). The number of halogens is 1. The first-order chi connectivity index (χ1) is 8.06. The van der Waals surface area contributed by atoms with Gasteiger partial charge in [-0.1, -0.05) is 6.92 Å². The van der Waals surface area contributed by atoms with Gasteiger partial charge in [0.25, 0.3) is 0 Å². The summed E-state index contributed by atoms with van der Waals surface area (Å²) in [7, 11) is 1.61. The minimum atomic E-state index is -0.323. The summed E-state index contributed by atoms with van der Waals surface area (Å²) in [4.78, 5) is 20.0. The van der Waals surface area contributed by atoms with Gasteiger partial charge in [-0.05, 0) is 29.3 Å². The Morgan fingerprint density at radius 1 is 1.53 bits per heavy atom. The van der Waals surface area contributed by atoms with Gasteiger partial charge >= 0.3 is 0 Å². The number of carbonyl (C=O) groups is 1. The molecular weight excluding hydrogens is 284 g/mol. The summed E-state index contributed by atoms with van der Waals surface area (Å²) in [6.07, 6.45) is 1.81. The van der Waals surface area contributed by atoms with E-state index in [0.717, 1.165) is 23.3 Å². The van der Waals surface area contributed by atoms with Crippen LogP contribution in [-0.4, -0.2) is 29.0 Å². The minimum absolute atomic E-state index is 0.0724. The predicted octanol–water partition coefficient (Wildman–Crippen LogP) is 1.74. The number of nitrogens with zero attached hydrogens (tertiary/aromatic N) is 2. The van der Waals surface area contributed by atoms with Crippen molar-refractivity contribution in [3.8, 4) is 0 Å². The summed E-state index contributed by atoms with van der Waals surface area (Å²) in [5, 5.41) is 5.62. The van der Waals surface area contributed by atoms with Crippen molar-refractivity contribution in [1.29, 1.82) is 0 Å². The van der Waals surface area contributed by atoms with Gasteiger partial charge in [-0.3, -0.25) is 4.79 Å². The Hall–Kier alpha value is -1.17. The molecule has 0 aliphatic carbocycles. The van der Waals surface area contributed by atoms with Gasteiger partial charge in [0, 0.05) is 19.5 Å². The summed E-state index contributed by atoms with van der Waals surface area (Å²) in [6, 6.07) is 1.44. The van der Waals surface area contributed by atoms with Gasteiger partial charge in [0.2, 0.25) is 5.91 Å². The number of aryl methyl sites for hydroxylation is 1. The van der Waals surface area contributed by atoms with Gasteiger partial charge in [0.15, 0.2) is 0 Å². The molecule has 1 rings (SSSR count). The fourth-order valence-corrected chi connectivity index (χ4v) is 1.80. The normalized spacial score (nSPS) is 12.0. The second-order valence-electron chi connectivity index (χ2n) is 3.72. The van der Waals surface area contributed by atoms with Crippen LogP contribution in [0, 0.1) is 0 Å². The van der Waals surface area contributed by atoms with Crippen molar-refractivity contribution in [2.24, 2.45) is 0 Å². The number of amides is 1. The van der Waals surface area contributed by atoms with Crippen molar-refractivity contribution in [3.63, 3.8) is 0 Å². The molecule has 1 amide bonds. The molecule has 94 valence electrons. The average molecular weight is 301 g/mol. The van der Waals surface area contributed by atoms with Crippen LogP contribution in [0.2, 0.25) is 0 Å². The van der Waals surface area contributed by atoms with E-state index in [4.69, 9.17) is 0 Å². The Morgan fingerprint density at radius 3 is 2.82 bits per heavy atom. The number of carbonyl (C=O) groups excluding carboxylic acids is 1. The first-order valence-electron chi connectivity index (χ1n) is 5.58. The largest absolute Gasteiger partial charge is 0.358 e. The molecule has 0 aromatic carbocycles. The van der Waals surface area contributed by atoms with Gasteiger partial charge in [-0.15, -0.1) is 0 Å². The van der Waals surface area contributed by atoms with Gasteiger partial charge in [0.1, 0.15) is 22.3 Å². The Labute approximate surface area is 110 Å². The van der Waals surface area contributed by atoms with E-state index >= 15 is 0 Å². The molecule has 0 saturated carbocycles. The molecule has 1 heterocycles. The maximum Gasteiger partial charge on any atom is 0.241 e. The quantitative estimate of drug-likeness (QED) is 0.813. The molecule has 2 N–H and O–H groups in total. The topological polar surface area (TPSA) is 66.9 Å². The molecule has 1 aromatic rings. The highest BCUT2D eigenvalue weighted by Gasteiger charge is 2.12. The van der Waals surface area contributed by atoms with Crippen molar-refractivity contribution >= 4 is 27.7 Å². The molecule has 0 fully saturated rings. The summed E-state index contributed by atoms with van der Waals surface area (Å²) in [5.74, 6) is 1.36. The van der Waals surface area contributed by atoms with Crippen LogP contribution >= 0.6 is 15.9 Å². The van der Waals surface area contributed by atoms with Crippen LogP contribution in [-0.2, 0) is 11.2 Å². The molecule has 0 spiro atoms. The highest BCUT2D eigenvalue weighted by atomic mass is 79.9. The Bertz CT molecular complexity index is 397. The van der Waals surface area contributed by atoms with Crippen molar-refractivity contribution in [3.05, 3.63) is 16.5 Å². The van der Waals surface area contributed by atoms with E-state index in [1.165, 1.54) is 0 Å². The third kappa shape index (κ3) is 4.30. The van der Waals surface area contributed by atoms with E-state index in [1.54, 1.807) is 20.0 Å². The molecule has 0 saturated heterocycles. The molecule has 17 heavy (non-hydrogen) atoms. The number of aromatic nitrogens is 2. The van der Waals surface area contributed by atoms with Crippen LogP contribution in [0.25, 0.3) is 0 Å². The number of hydrogen-bond donors (Lipinski definition) is 2. The smallest absolute Gasteiger partial charge is 0.241 e. The maximum atomic E-state index is 11.4. The maximum absolute atomic E-state index is 11.4. The average Bonchev–Trinajstić information content (AvgIpc) is 2.27. The second-order valence-corrected chi connectivity index (χ2v) is 4.53. The first kappa shape index (κ1) is 13.9. The van der Waals surface area contributed by atoms with E-state index in [2.05, 4.69) is 43.5 Å². The molecule has 5 nitrogen and oxygen atoms in total. The van der Waals surface area contributed by atoms with Crippen molar-refractivity contribution in [1.82, 2.24) is 15.3 Å². The van der Waals surface area contributed by atoms with Gasteiger partial charge < -0.3 is 10.6 Å². The zero-order valence-corrected chi connectivity index (χ0v) is 11.8. The lowest BCUT2D eigenvalue weighted by molar-refractivity contribution is -0.121. The van der Waals surface area contributed by atoms with E-state index < -0.39 is 0 Å². The number of nitrogens with one attached hydrogen (secondary N) is 2. The Balaban J connectivity index is 2.80. The predicted molar refractivity (Wildman–Crippen MR) is 70.9 cm³/mol. The molecule has 1 atom stereocenters. The molecule has 0 aliphatic rings. The van der Waals surface area contributed by atoms with E-state index in [1.807, 2.05) is 0 Å². The van der Waals surface area contributed by atoms with Crippen LogP contribution in [0.5, 0.6) is 0 Å². The molecule has 0 radical (unpaired) electrons. The van der Waals surface area contributed by atoms with E-state index in [9.17, 15) is 4.79 Å². The zero-order valence-electron chi connectivity index (χ0n) is 10.2. The van der Waals surface area contributed by atoms with Crippen LogP contribution < -0.4 is 10.6 Å². The van der Waals surface area contributed by atoms with E-state index in [0.29, 0.717) is 5.82 Å². The number of likely N-dealkylation sites (N-methyl/N-ethyl adjacent to an activating group) is 1. The Morgan fingerprint density at radius 2 is 2.24 bits per heavy atom. The lowest BCUT2D eigenvalue weighted by atomic mass is 10.3. The third-order valence-corrected chi connectivity index (χ3v) is 2.63. The molecule has 0 aliphatic heterocycles. The van der Waals surface area contributed by atoms with Crippen molar-refractivity contribution in [2.45, 2.75) is 32.7 Å². The van der Waals surface area contributed by atoms with Crippen LogP contribution in [0.1, 0.15) is 26.1 Å². The zero-order chi connectivity index (χ0) is 12.8. The lowest BCUT2D eigenvalue weighted by Gasteiger charge is -2.13. The molecule has 6 heteroatoms. The third-order valence-electron chi connectivity index (χ3n) is 2.22. The fraction of sp³-hybridized carbons (Fsp3) is 0.545. The van der Waals surface area contributed by atoms with E-state index in [-0.39, 0.29) is 11.9 Å². The fourth-order valence-electron chi connectivity index (χ4n) is 1.38. The molecule has 0 bridgehead atoms. The van der Waals surface area contributed by atoms with Crippen LogP contribution in [0.3, 0.4) is 0 Å². The summed E-state index contributed by atoms with van der Waals surface area (Å²) in [5.41, 5.74) is 0. The van der Waals surface area contributed by atoms with Gasteiger partial charge in [-0.2, -0.15) is 0 Å². The summed E-state index contributed by atoms with van der Waals surface area (Å²) in [6.45, 7) is 3.86. The molecule has 1 aromatic heterocycles. The minimum Gasteiger partial charge on any atom is -0.358 e. The van der Waals surface area contributed by atoms with Crippen molar-refractivity contribution in [2.75, 3.05) is 12.4 Å². The number of hydrogen-bond acceptors (Lipinski definition) is 4.